The molecule has 2 aromatic rings. The van der Waals surface area contributed by atoms with Gasteiger partial charge >= 0.3 is 6.03 Å². The largest absolute Gasteiger partial charge is 0.354 e. The zero-order chi connectivity index (χ0) is 18.1. The molecule has 8 heteroatoms. The number of carbonyl (C=O) groups excluding carboxylic acids is 4. The minimum atomic E-state index is -0.893. The number of barbiturate groups is 1. The van der Waals surface area contributed by atoms with E-state index in [4.69, 9.17) is 6.42 Å². The summed E-state index contributed by atoms with van der Waals surface area (Å²) in [7, 11) is 1.44. The fourth-order valence-electron chi connectivity index (χ4n) is 2.64. The molecule has 2 heterocycles. The summed E-state index contributed by atoms with van der Waals surface area (Å²) in [5, 5.41) is 8.04. The van der Waals surface area contributed by atoms with Gasteiger partial charge in [-0.15, -0.1) is 6.42 Å². The van der Waals surface area contributed by atoms with Gasteiger partial charge in [-0.3, -0.25) is 25.0 Å². The van der Waals surface area contributed by atoms with Gasteiger partial charge in [0.15, 0.2) is 0 Å². The number of aromatic nitrogens is 1. The van der Waals surface area contributed by atoms with Gasteiger partial charge in [0.1, 0.15) is 11.1 Å². The molecule has 1 aromatic heterocycles. The predicted octanol–water partition coefficient (Wildman–Crippen LogP) is -1.79. The quantitative estimate of drug-likeness (QED) is 0.460. The number of urea groups is 1. The lowest BCUT2D eigenvalue weighted by molar-refractivity contribution is -0.121. The normalized spacial score (nSPS) is 15.4. The van der Waals surface area contributed by atoms with Crippen LogP contribution in [0.5, 0.6) is 0 Å². The summed E-state index contributed by atoms with van der Waals surface area (Å²) in [6, 6.07) is 5.93. The van der Waals surface area contributed by atoms with Crippen LogP contribution in [-0.2, 0) is 14.4 Å². The molecule has 0 saturated carbocycles. The van der Waals surface area contributed by atoms with Crippen LogP contribution in [-0.4, -0.2) is 35.8 Å². The van der Waals surface area contributed by atoms with E-state index in [1.807, 2.05) is 10.6 Å². The van der Waals surface area contributed by atoms with Crippen LogP contribution in [0.15, 0.2) is 24.3 Å². The van der Waals surface area contributed by atoms with Crippen LogP contribution in [0.1, 0.15) is 0 Å². The molecule has 0 unspecified atom stereocenters. The zero-order valence-corrected chi connectivity index (χ0v) is 13.0. The predicted molar refractivity (Wildman–Crippen MR) is 88.9 cm³/mol. The molecule has 0 bridgehead atoms. The van der Waals surface area contributed by atoms with Crippen molar-refractivity contribution in [1.29, 1.82) is 0 Å². The highest BCUT2D eigenvalue weighted by Crippen LogP contribution is 2.08. The first-order valence-electron chi connectivity index (χ1n) is 7.18. The second-order valence-electron chi connectivity index (χ2n) is 5.13. The van der Waals surface area contributed by atoms with Crippen LogP contribution in [0.2, 0.25) is 0 Å². The van der Waals surface area contributed by atoms with Gasteiger partial charge in [-0.1, -0.05) is 30.2 Å². The van der Waals surface area contributed by atoms with Gasteiger partial charge in [-0.2, -0.15) is 0 Å². The monoisotopic (exact) mass is 336 g/mol. The SMILES string of the molecule is C#C/C(C(=O)NC)=c1/[nH]c(=C2C(=O)NC(=O)NC2=O)c2ccccc12. The third-order valence-corrected chi connectivity index (χ3v) is 3.72. The summed E-state index contributed by atoms with van der Waals surface area (Å²) in [6.45, 7) is 0. The van der Waals surface area contributed by atoms with E-state index in [1.54, 1.807) is 24.3 Å². The van der Waals surface area contributed by atoms with Crippen molar-refractivity contribution in [2.75, 3.05) is 7.05 Å². The van der Waals surface area contributed by atoms with Crippen LogP contribution in [0.4, 0.5) is 4.79 Å². The van der Waals surface area contributed by atoms with Gasteiger partial charge in [0, 0.05) is 17.8 Å². The number of hydrogen-bond acceptors (Lipinski definition) is 4. The molecule has 25 heavy (non-hydrogen) atoms. The molecule has 1 saturated heterocycles. The van der Waals surface area contributed by atoms with Gasteiger partial charge in [0.25, 0.3) is 17.7 Å². The first-order valence-corrected chi connectivity index (χ1v) is 7.18. The molecule has 1 aliphatic heterocycles. The maximum Gasteiger partial charge on any atom is 0.328 e. The fraction of sp³-hybridized carbons (Fsp3) is 0.0588. The molecule has 124 valence electrons. The molecule has 0 aliphatic carbocycles. The number of benzene rings is 1. The molecule has 5 amide bonds. The Hall–Kier alpha value is -3.86. The maximum atomic E-state index is 12.1. The van der Waals surface area contributed by atoms with E-state index in [2.05, 4.69) is 16.2 Å². The van der Waals surface area contributed by atoms with E-state index in [-0.39, 0.29) is 16.5 Å². The summed E-state index contributed by atoms with van der Waals surface area (Å²) in [6.07, 6.45) is 5.45. The second-order valence-corrected chi connectivity index (χ2v) is 5.13. The molecular formula is C17H12N4O4. The number of amides is 5. The van der Waals surface area contributed by atoms with Crippen LogP contribution in [0.3, 0.4) is 0 Å². The first-order chi connectivity index (χ1) is 12.0. The Bertz CT molecular complexity index is 1100. The summed E-state index contributed by atoms with van der Waals surface area (Å²) in [4.78, 5) is 50.4. The van der Waals surface area contributed by atoms with Crippen molar-refractivity contribution >= 4 is 45.7 Å². The molecule has 1 aromatic carbocycles. The molecule has 4 N–H and O–H groups in total. The number of aromatic amines is 1. The average molecular weight is 336 g/mol. The van der Waals surface area contributed by atoms with Crippen molar-refractivity contribution in [2.45, 2.75) is 0 Å². The highest BCUT2D eigenvalue weighted by molar-refractivity contribution is 6.46. The van der Waals surface area contributed by atoms with Gasteiger partial charge < -0.3 is 10.3 Å². The lowest BCUT2D eigenvalue weighted by Gasteiger charge is -2.13. The molecule has 1 aliphatic rings. The summed E-state index contributed by atoms with van der Waals surface area (Å²) in [5.74, 6) is 0.152. The Kier molecular flexibility index (Phi) is 3.83. The van der Waals surface area contributed by atoms with Crippen LogP contribution in [0.25, 0.3) is 21.9 Å². The minimum absolute atomic E-state index is 0.0262. The Morgan fingerprint density at radius 3 is 2.24 bits per heavy atom. The van der Waals surface area contributed by atoms with E-state index in [0.717, 1.165) is 0 Å². The van der Waals surface area contributed by atoms with E-state index >= 15 is 0 Å². The minimum Gasteiger partial charge on any atom is -0.354 e. The van der Waals surface area contributed by atoms with Crippen molar-refractivity contribution in [3.8, 4) is 12.3 Å². The fourth-order valence-corrected chi connectivity index (χ4v) is 2.64. The number of carbonyl (C=O) groups is 4. The van der Waals surface area contributed by atoms with Gasteiger partial charge in [-0.05, 0) is 0 Å². The number of nitrogens with one attached hydrogen (secondary N) is 4. The Morgan fingerprint density at radius 2 is 1.68 bits per heavy atom. The number of hydrogen-bond donors (Lipinski definition) is 4. The van der Waals surface area contributed by atoms with Crippen molar-refractivity contribution in [1.82, 2.24) is 20.9 Å². The highest BCUT2D eigenvalue weighted by Gasteiger charge is 2.29. The number of rotatable bonds is 1. The number of imide groups is 2. The number of fused-ring (bicyclic) bond motifs is 1. The third kappa shape index (κ3) is 2.53. The summed E-state index contributed by atoms with van der Waals surface area (Å²) < 4.78 is 0. The Morgan fingerprint density at radius 1 is 1.08 bits per heavy atom. The molecule has 0 spiro atoms. The van der Waals surface area contributed by atoms with Gasteiger partial charge in [0.05, 0.1) is 10.7 Å². The summed E-state index contributed by atoms with van der Waals surface area (Å²) >= 11 is 0. The molecular weight excluding hydrogens is 324 g/mol. The summed E-state index contributed by atoms with van der Waals surface area (Å²) in [5.41, 5.74) is -0.242. The Balaban J connectivity index is 2.51. The number of terminal acetylenes is 1. The lowest BCUT2D eigenvalue weighted by atomic mass is 10.1. The zero-order valence-electron chi connectivity index (χ0n) is 13.0. The van der Waals surface area contributed by atoms with E-state index in [9.17, 15) is 19.2 Å². The van der Waals surface area contributed by atoms with E-state index < -0.39 is 23.8 Å². The van der Waals surface area contributed by atoms with Gasteiger partial charge in [0.2, 0.25) is 0 Å². The average Bonchev–Trinajstić information content (AvgIpc) is 2.94. The second kappa shape index (κ2) is 5.98. The van der Waals surface area contributed by atoms with Crippen molar-refractivity contribution in [2.24, 2.45) is 0 Å². The number of H-pyrrole nitrogens is 1. The topological polar surface area (TPSA) is 120 Å². The molecule has 8 nitrogen and oxygen atoms in total. The molecule has 0 radical (unpaired) electrons. The van der Waals surface area contributed by atoms with E-state index in [1.165, 1.54) is 7.05 Å². The molecule has 1 fully saturated rings. The highest BCUT2D eigenvalue weighted by atomic mass is 16.2. The maximum absolute atomic E-state index is 12.1. The van der Waals surface area contributed by atoms with Crippen LogP contribution >= 0.6 is 0 Å². The molecule has 3 rings (SSSR count). The first kappa shape index (κ1) is 16.0. The van der Waals surface area contributed by atoms with Crippen LogP contribution < -0.4 is 26.6 Å². The Labute approximate surface area is 141 Å². The third-order valence-electron chi connectivity index (χ3n) is 3.72. The van der Waals surface area contributed by atoms with Gasteiger partial charge in [-0.25, -0.2) is 4.79 Å². The lowest BCUT2D eigenvalue weighted by Crippen LogP contribution is -2.52. The van der Waals surface area contributed by atoms with Crippen LogP contribution in [0, 0.1) is 12.3 Å². The standard InChI is InChI=1S/C17H12N4O4/c1-3-8(14(22)18-2)12-9-6-4-5-7-10(9)13(19-12)11-15(23)20-17(25)21-16(11)24/h1,4-7,19H,2H3,(H,18,22)(H2,20,21,23,24,25)/b12-8-. The van der Waals surface area contributed by atoms with Crippen molar-refractivity contribution in [3.05, 3.63) is 35.0 Å². The smallest absolute Gasteiger partial charge is 0.328 e. The molecule has 0 atom stereocenters. The van der Waals surface area contributed by atoms with Crippen molar-refractivity contribution in [3.63, 3.8) is 0 Å². The van der Waals surface area contributed by atoms with E-state index in [0.29, 0.717) is 16.1 Å². The van der Waals surface area contributed by atoms with Crippen molar-refractivity contribution < 1.29 is 19.2 Å².